The summed E-state index contributed by atoms with van der Waals surface area (Å²) in [5.74, 6) is 0.905. The zero-order chi connectivity index (χ0) is 17.1. The maximum Gasteiger partial charge on any atom is 0.245 e. The smallest absolute Gasteiger partial charge is 0.245 e. The van der Waals surface area contributed by atoms with Crippen LogP contribution in [0.2, 0.25) is 0 Å². The van der Waals surface area contributed by atoms with Crippen LogP contribution in [0.5, 0.6) is 0 Å². The Morgan fingerprint density at radius 3 is 3.00 bits per heavy atom. The van der Waals surface area contributed by atoms with Gasteiger partial charge in [0.05, 0.1) is 37.9 Å². The number of hydrogen-bond acceptors (Lipinski definition) is 4. The second kappa shape index (κ2) is 6.90. The van der Waals surface area contributed by atoms with Crippen LogP contribution in [0.25, 0.3) is 0 Å². The molecule has 0 aromatic carbocycles. The van der Waals surface area contributed by atoms with Crippen molar-refractivity contribution in [2.75, 3.05) is 6.54 Å². The molecule has 1 aliphatic heterocycles. The molecule has 1 unspecified atom stereocenters. The first-order valence-electron chi connectivity index (χ1n) is 8.13. The Morgan fingerprint density at radius 2 is 2.29 bits per heavy atom. The molecule has 24 heavy (non-hydrogen) atoms. The lowest BCUT2D eigenvalue weighted by atomic mass is 10.1. The zero-order valence-electron chi connectivity index (χ0n) is 13.9. The fourth-order valence-electron chi connectivity index (χ4n) is 2.87. The number of aromatic nitrogens is 2. The van der Waals surface area contributed by atoms with Gasteiger partial charge in [0.15, 0.2) is 0 Å². The van der Waals surface area contributed by atoms with Gasteiger partial charge < -0.3 is 19.2 Å². The van der Waals surface area contributed by atoms with Crippen molar-refractivity contribution in [2.24, 2.45) is 5.92 Å². The van der Waals surface area contributed by atoms with E-state index in [4.69, 9.17) is 4.42 Å². The number of fused-ring (bicyclic) bond motifs is 1. The van der Waals surface area contributed by atoms with E-state index in [0.717, 1.165) is 5.69 Å². The minimum absolute atomic E-state index is 0.0706. The molecule has 1 atom stereocenters. The second-order valence-corrected chi connectivity index (χ2v) is 6.48. The largest absolute Gasteiger partial charge is 0.467 e. The lowest BCUT2D eigenvalue weighted by molar-refractivity contribution is -0.136. The Labute approximate surface area is 140 Å². The van der Waals surface area contributed by atoms with Crippen LogP contribution in [0.4, 0.5) is 0 Å². The van der Waals surface area contributed by atoms with Crippen molar-refractivity contribution in [3.8, 4) is 0 Å². The van der Waals surface area contributed by atoms with Crippen LogP contribution in [-0.2, 0) is 22.7 Å². The van der Waals surface area contributed by atoms with Gasteiger partial charge in [-0.25, -0.2) is 4.98 Å². The Kier molecular flexibility index (Phi) is 4.69. The summed E-state index contributed by atoms with van der Waals surface area (Å²) in [6, 6.07) is 3.12. The van der Waals surface area contributed by atoms with E-state index >= 15 is 0 Å². The topological polar surface area (TPSA) is 80.4 Å². The zero-order valence-corrected chi connectivity index (χ0v) is 13.9. The standard InChI is InChI=1S/C17H22N4O3/c1-12(2)6-16(22)20-9-13-7-18-11-21(13)15(10-20)17(23)19-8-14-4-3-5-24-14/h3-5,7,11-12,15H,6,8-10H2,1-2H3,(H,19,23). The summed E-state index contributed by atoms with van der Waals surface area (Å²) in [7, 11) is 0. The molecule has 0 fully saturated rings. The van der Waals surface area contributed by atoms with E-state index in [1.54, 1.807) is 29.8 Å². The molecule has 0 aliphatic carbocycles. The van der Waals surface area contributed by atoms with E-state index in [1.165, 1.54) is 0 Å². The van der Waals surface area contributed by atoms with E-state index in [0.29, 0.717) is 31.8 Å². The Hall–Kier alpha value is -2.57. The van der Waals surface area contributed by atoms with Gasteiger partial charge in [-0.15, -0.1) is 0 Å². The number of nitrogens with zero attached hydrogens (tertiary/aromatic N) is 3. The van der Waals surface area contributed by atoms with Crippen LogP contribution in [0, 0.1) is 5.92 Å². The summed E-state index contributed by atoms with van der Waals surface area (Å²) in [6.45, 7) is 5.21. The maximum absolute atomic E-state index is 12.6. The third-order valence-electron chi connectivity index (χ3n) is 4.08. The van der Waals surface area contributed by atoms with Gasteiger partial charge >= 0.3 is 0 Å². The first-order chi connectivity index (χ1) is 11.5. The van der Waals surface area contributed by atoms with Gasteiger partial charge in [-0.2, -0.15) is 0 Å². The summed E-state index contributed by atoms with van der Waals surface area (Å²) in [4.78, 5) is 30.9. The average molecular weight is 330 g/mol. The molecule has 0 saturated carbocycles. The number of rotatable bonds is 5. The molecule has 128 valence electrons. The molecule has 1 aliphatic rings. The number of hydrogen-bond donors (Lipinski definition) is 1. The van der Waals surface area contributed by atoms with E-state index in [1.807, 2.05) is 24.5 Å². The summed E-state index contributed by atoms with van der Waals surface area (Å²) >= 11 is 0. The second-order valence-electron chi connectivity index (χ2n) is 6.48. The molecular weight excluding hydrogens is 308 g/mol. The molecule has 7 heteroatoms. The SMILES string of the molecule is CC(C)CC(=O)N1Cc2cncn2C(C(=O)NCc2ccco2)C1. The molecule has 2 aromatic rings. The van der Waals surface area contributed by atoms with Crippen LogP contribution in [0.15, 0.2) is 35.3 Å². The van der Waals surface area contributed by atoms with E-state index in [9.17, 15) is 9.59 Å². The van der Waals surface area contributed by atoms with E-state index in [2.05, 4.69) is 10.3 Å². The first kappa shape index (κ1) is 16.3. The van der Waals surface area contributed by atoms with Gasteiger partial charge in [-0.1, -0.05) is 13.8 Å². The lowest BCUT2D eigenvalue weighted by Gasteiger charge is -2.34. The van der Waals surface area contributed by atoms with Crippen molar-refractivity contribution >= 4 is 11.8 Å². The number of amides is 2. The highest BCUT2D eigenvalue weighted by Gasteiger charge is 2.32. The maximum atomic E-state index is 12.6. The van der Waals surface area contributed by atoms with Crippen molar-refractivity contribution in [3.63, 3.8) is 0 Å². The fraction of sp³-hybridized carbons (Fsp3) is 0.471. The predicted molar refractivity (Wildman–Crippen MR) is 86.7 cm³/mol. The number of nitrogens with one attached hydrogen (secondary N) is 1. The Bertz CT molecular complexity index is 705. The molecule has 2 amide bonds. The first-order valence-corrected chi connectivity index (χ1v) is 8.13. The molecule has 3 heterocycles. The third-order valence-corrected chi connectivity index (χ3v) is 4.08. The number of imidazole rings is 1. The van der Waals surface area contributed by atoms with Crippen LogP contribution < -0.4 is 5.32 Å². The van der Waals surface area contributed by atoms with Crippen molar-refractivity contribution in [1.29, 1.82) is 0 Å². The van der Waals surface area contributed by atoms with Gasteiger partial charge in [0.25, 0.3) is 0 Å². The van der Waals surface area contributed by atoms with Gasteiger partial charge in [0, 0.05) is 12.6 Å². The number of carbonyl (C=O) groups is 2. The molecule has 7 nitrogen and oxygen atoms in total. The predicted octanol–water partition coefficient (Wildman–Crippen LogP) is 1.72. The number of furan rings is 1. The van der Waals surface area contributed by atoms with Crippen LogP contribution >= 0.6 is 0 Å². The number of carbonyl (C=O) groups excluding carboxylic acids is 2. The summed E-state index contributed by atoms with van der Waals surface area (Å²) in [6.07, 6.45) is 5.41. The van der Waals surface area contributed by atoms with Crippen LogP contribution in [-0.4, -0.2) is 32.8 Å². The molecule has 2 aromatic heterocycles. The van der Waals surface area contributed by atoms with Crippen molar-refractivity contribution < 1.29 is 14.0 Å². The van der Waals surface area contributed by atoms with Crippen LogP contribution in [0.1, 0.15) is 37.8 Å². The lowest BCUT2D eigenvalue weighted by Crippen LogP contribution is -2.46. The van der Waals surface area contributed by atoms with Gasteiger partial charge in [0.2, 0.25) is 11.8 Å². The molecule has 3 rings (SSSR count). The third kappa shape index (κ3) is 3.50. The minimum Gasteiger partial charge on any atom is -0.467 e. The monoisotopic (exact) mass is 330 g/mol. The van der Waals surface area contributed by atoms with E-state index < -0.39 is 6.04 Å². The van der Waals surface area contributed by atoms with Crippen LogP contribution in [0.3, 0.4) is 0 Å². The molecule has 0 bridgehead atoms. The summed E-state index contributed by atoms with van der Waals surface area (Å²) in [5.41, 5.74) is 0.872. The van der Waals surface area contributed by atoms with Crippen molar-refractivity contribution in [2.45, 2.75) is 39.4 Å². The molecule has 0 radical (unpaired) electrons. The van der Waals surface area contributed by atoms with Gasteiger partial charge in [-0.3, -0.25) is 9.59 Å². The highest BCUT2D eigenvalue weighted by molar-refractivity contribution is 5.83. The Morgan fingerprint density at radius 1 is 1.46 bits per heavy atom. The van der Waals surface area contributed by atoms with Gasteiger partial charge in [0.1, 0.15) is 11.8 Å². The average Bonchev–Trinajstić information content (AvgIpc) is 3.21. The minimum atomic E-state index is -0.470. The quantitative estimate of drug-likeness (QED) is 0.905. The summed E-state index contributed by atoms with van der Waals surface area (Å²) in [5, 5.41) is 2.87. The highest BCUT2D eigenvalue weighted by Crippen LogP contribution is 2.22. The Balaban J connectivity index is 1.71. The highest BCUT2D eigenvalue weighted by atomic mass is 16.3. The van der Waals surface area contributed by atoms with Gasteiger partial charge in [-0.05, 0) is 18.1 Å². The van der Waals surface area contributed by atoms with E-state index in [-0.39, 0.29) is 17.7 Å². The normalized spacial score (nSPS) is 17.0. The molecule has 1 N–H and O–H groups in total. The molecular formula is C17H22N4O3. The molecule has 0 saturated heterocycles. The van der Waals surface area contributed by atoms with Crippen molar-refractivity contribution in [3.05, 3.63) is 42.4 Å². The fourth-order valence-corrected chi connectivity index (χ4v) is 2.87. The van der Waals surface area contributed by atoms with Crippen molar-refractivity contribution in [1.82, 2.24) is 19.8 Å². The summed E-state index contributed by atoms with van der Waals surface area (Å²) < 4.78 is 7.07. The molecule has 0 spiro atoms.